The second kappa shape index (κ2) is 14.6. The quantitative estimate of drug-likeness (QED) is 0.141. The predicted octanol–water partition coefficient (Wildman–Crippen LogP) is 6.42. The number of aryl methyl sites for hydroxylation is 2. The number of hydrogen-bond donors (Lipinski definition) is 3. The maximum Gasteiger partial charge on any atom is 0.339 e. The number of hydrogen-bond acceptors (Lipinski definition) is 7. The van der Waals surface area contributed by atoms with Crippen LogP contribution in [0.4, 0.5) is 0 Å². The van der Waals surface area contributed by atoms with E-state index < -0.39 is 35.5 Å². The summed E-state index contributed by atoms with van der Waals surface area (Å²) in [6.45, 7) is 13.9. The molecule has 3 N–H and O–H groups in total. The Kier molecular flexibility index (Phi) is 11.0. The molecule has 2 heterocycles. The number of aliphatic carboxylic acids is 1. The summed E-state index contributed by atoms with van der Waals surface area (Å²) in [5, 5.41) is 16.9. The molecule has 2 aromatic heterocycles. The van der Waals surface area contributed by atoms with E-state index in [9.17, 15) is 24.3 Å². The van der Waals surface area contributed by atoms with E-state index in [4.69, 9.17) is 8.83 Å². The SMILES string of the molecule is Cc1c(CCC(=O)N[C@H](CC(C)C)C(=O)N[C@H](CSCc2ccccc2)C(=O)O)c(=O)oc2c(C)c3occ(C(C)(C)C)c3cc12. The Morgan fingerprint density at radius 3 is 2.28 bits per heavy atom. The van der Waals surface area contributed by atoms with Crippen molar-refractivity contribution in [3.8, 4) is 0 Å². The first kappa shape index (κ1) is 34.8. The Labute approximate surface area is 273 Å². The Morgan fingerprint density at radius 2 is 1.65 bits per heavy atom. The first-order valence-corrected chi connectivity index (χ1v) is 16.7. The summed E-state index contributed by atoms with van der Waals surface area (Å²) in [7, 11) is 0. The fourth-order valence-corrected chi connectivity index (χ4v) is 6.60. The number of rotatable bonds is 13. The summed E-state index contributed by atoms with van der Waals surface area (Å²) in [6.07, 6.45) is 2.15. The molecule has 0 bridgehead atoms. The van der Waals surface area contributed by atoms with Crippen LogP contribution in [0.1, 0.15) is 75.3 Å². The number of amides is 2. The second-order valence-electron chi connectivity index (χ2n) is 13.3. The summed E-state index contributed by atoms with van der Waals surface area (Å²) >= 11 is 1.41. The van der Waals surface area contributed by atoms with Gasteiger partial charge in [-0.2, -0.15) is 11.8 Å². The fourth-order valence-electron chi connectivity index (χ4n) is 5.59. The van der Waals surface area contributed by atoms with E-state index in [-0.39, 0.29) is 29.9 Å². The molecule has 2 atom stereocenters. The second-order valence-corrected chi connectivity index (χ2v) is 14.3. The molecule has 2 aromatic carbocycles. The van der Waals surface area contributed by atoms with Crippen molar-refractivity contribution in [2.45, 2.75) is 91.0 Å². The van der Waals surface area contributed by atoms with Gasteiger partial charge in [0.1, 0.15) is 23.2 Å². The molecule has 0 fully saturated rings. The number of carbonyl (C=O) groups is 3. The highest BCUT2D eigenvalue weighted by molar-refractivity contribution is 7.98. The fraction of sp³-hybridized carbons (Fsp3) is 0.444. The van der Waals surface area contributed by atoms with E-state index in [2.05, 4.69) is 31.4 Å². The van der Waals surface area contributed by atoms with Crippen LogP contribution >= 0.6 is 11.8 Å². The van der Waals surface area contributed by atoms with Crippen molar-refractivity contribution < 1.29 is 28.3 Å². The predicted molar refractivity (Wildman–Crippen MR) is 182 cm³/mol. The van der Waals surface area contributed by atoms with Gasteiger partial charge in [-0.05, 0) is 55.2 Å². The van der Waals surface area contributed by atoms with Gasteiger partial charge in [0.25, 0.3) is 0 Å². The van der Waals surface area contributed by atoms with E-state index in [0.717, 1.165) is 33.0 Å². The van der Waals surface area contributed by atoms with Gasteiger partial charge in [-0.15, -0.1) is 0 Å². The molecule has 0 saturated heterocycles. The molecule has 4 rings (SSSR count). The molecular formula is C36H44N2O7S. The highest BCUT2D eigenvalue weighted by Gasteiger charge is 2.28. The van der Waals surface area contributed by atoms with Crippen LogP contribution < -0.4 is 16.3 Å². The number of benzene rings is 2. The number of fused-ring (bicyclic) bond motifs is 2. The Bertz CT molecular complexity index is 1780. The van der Waals surface area contributed by atoms with Gasteiger partial charge in [-0.3, -0.25) is 9.59 Å². The third-order valence-corrected chi connectivity index (χ3v) is 9.23. The maximum atomic E-state index is 13.2. The van der Waals surface area contributed by atoms with Crippen LogP contribution in [0.15, 0.2) is 56.3 Å². The molecule has 4 aromatic rings. The lowest BCUT2D eigenvalue weighted by atomic mass is 9.86. The highest BCUT2D eigenvalue weighted by Crippen LogP contribution is 2.37. The number of carbonyl (C=O) groups excluding carboxylic acids is 2. The highest BCUT2D eigenvalue weighted by atomic mass is 32.2. The Morgan fingerprint density at radius 1 is 0.957 bits per heavy atom. The molecule has 0 radical (unpaired) electrons. The van der Waals surface area contributed by atoms with Crippen molar-refractivity contribution in [1.82, 2.24) is 10.6 Å². The summed E-state index contributed by atoms with van der Waals surface area (Å²) in [4.78, 5) is 51.4. The summed E-state index contributed by atoms with van der Waals surface area (Å²) in [6, 6.07) is 9.63. The summed E-state index contributed by atoms with van der Waals surface area (Å²) in [5.74, 6) is -1.26. The van der Waals surface area contributed by atoms with E-state index in [1.165, 1.54) is 11.8 Å². The van der Waals surface area contributed by atoms with Crippen LogP contribution in [-0.2, 0) is 32.0 Å². The number of nitrogens with one attached hydrogen (secondary N) is 2. The number of furan rings is 1. The molecule has 46 heavy (non-hydrogen) atoms. The van der Waals surface area contributed by atoms with Gasteiger partial charge in [-0.25, -0.2) is 9.59 Å². The topological polar surface area (TPSA) is 139 Å². The molecule has 0 aliphatic rings. The third kappa shape index (κ3) is 8.20. The molecule has 10 heteroatoms. The maximum absolute atomic E-state index is 13.2. The standard InChI is InChI=1S/C36H44N2O7S/c1-20(2)15-28(33(40)38-29(34(41)42)19-46-18-23-11-9-8-10-12-23)37-30(39)14-13-24-21(3)25-16-26-27(36(5,6)7)17-44-31(26)22(4)32(25)45-35(24)43/h8-12,16-17,20,28-29H,13-15,18-19H2,1-7H3,(H,37,39)(H,38,40)(H,41,42)/t28-,29-/m1/s1. The molecule has 246 valence electrons. The minimum atomic E-state index is -1.14. The average molecular weight is 649 g/mol. The van der Waals surface area contributed by atoms with Gasteiger partial charge in [0.2, 0.25) is 11.8 Å². The molecule has 0 spiro atoms. The van der Waals surface area contributed by atoms with Gasteiger partial charge < -0.3 is 24.6 Å². The summed E-state index contributed by atoms with van der Waals surface area (Å²) < 4.78 is 11.6. The van der Waals surface area contributed by atoms with Crippen LogP contribution in [0.25, 0.3) is 21.9 Å². The zero-order chi connectivity index (χ0) is 33.8. The van der Waals surface area contributed by atoms with Gasteiger partial charge >= 0.3 is 11.6 Å². The van der Waals surface area contributed by atoms with E-state index in [0.29, 0.717) is 28.9 Å². The smallest absolute Gasteiger partial charge is 0.339 e. The van der Waals surface area contributed by atoms with Crippen LogP contribution in [0.3, 0.4) is 0 Å². The molecule has 0 saturated carbocycles. The lowest BCUT2D eigenvalue weighted by Crippen LogP contribution is -2.52. The van der Waals surface area contributed by atoms with Gasteiger partial charge in [0, 0.05) is 45.4 Å². The molecule has 0 unspecified atom stereocenters. The van der Waals surface area contributed by atoms with Crippen molar-refractivity contribution in [1.29, 1.82) is 0 Å². The number of carboxylic acid groups (broad SMARTS) is 1. The van der Waals surface area contributed by atoms with Crippen LogP contribution in [0.2, 0.25) is 0 Å². The minimum absolute atomic E-state index is 0.0472. The zero-order valence-corrected chi connectivity index (χ0v) is 28.4. The van der Waals surface area contributed by atoms with Crippen molar-refractivity contribution in [2.24, 2.45) is 5.92 Å². The van der Waals surface area contributed by atoms with E-state index >= 15 is 0 Å². The van der Waals surface area contributed by atoms with E-state index in [1.807, 2.05) is 64.1 Å². The molecular weight excluding hydrogens is 604 g/mol. The summed E-state index contributed by atoms with van der Waals surface area (Å²) in [5.41, 5.74) is 4.46. The van der Waals surface area contributed by atoms with Gasteiger partial charge in [-0.1, -0.05) is 65.0 Å². The first-order chi connectivity index (χ1) is 21.7. The Hall–Kier alpha value is -4.05. The van der Waals surface area contributed by atoms with Crippen LogP contribution in [0, 0.1) is 19.8 Å². The number of carboxylic acids is 1. The average Bonchev–Trinajstić information content (AvgIpc) is 3.42. The zero-order valence-electron chi connectivity index (χ0n) is 27.6. The molecule has 9 nitrogen and oxygen atoms in total. The third-order valence-electron chi connectivity index (χ3n) is 8.12. The van der Waals surface area contributed by atoms with Crippen LogP contribution in [0.5, 0.6) is 0 Å². The van der Waals surface area contributed by atoms with Crippen molar-refractivity contribution in [3.05, 3.63) is 80.9 Å². The van der Waals surface area contributed by atoms with Gasteiger partial charge in [0.05, 0.1) is 6.26 Å². The largest absolute Gasteiger partial charge is 0.480 e. The molecule has 2 amide bonds. The lowest BCUT2D eigenvalue weighted by Gasteiger charge is -2.23. The lowest BCUT2D eigenvalue weighted by molar-refractivity contribution is -0.141. The molecule has 0 aliphatic carbocycles. The monoisotopic (exact) mass is 648 g/mol. The van der Waals surface area contributed by atoms with Gasteiger partial charge in [0.15, 0.2) is 0 Å². The van der Waals surface area contributed by atoms with Crippen molar-refractivity contribution in [2.75, 3.05) is 5.75 Å². The first-order valence-electron chi connectivity index (χ1n) is 15.6. The number of thioether (sulfide) groups is 1. The molecule has 0 aliphatic heterocycles. The van der Waals surface area contributed by atoms with Crippen LogP contribution in [-0.4, -0.2) is 40.7 Å². The van der Waals surface area contributed by atoms with Crippen molar-refractivity contribution in [3.63, 3.8) is 0 Å². The Balaban J connectivity index is 1.47. The van der Waals surface area contributed by atoms with Crippen molar-refractivity contribution >= 4 is 51.5 Å². The van der Waals surface area contributed by atoms with E-state index in [1.54, 1.807) is 6.26 Å². The minimum Gasteiger partial charge on any atom is -0.480 e. The normalized spacial score (nSPS) is 13.2.